The summed E-state index contributed by atoms with van der Waals surface area (Å²) in [5, 5.41) is 13.1. The first-order valence-electron chi connectivity index (χ1n) is 6.79. The van der Waals surface area contributed by atoms with Crippen LogP contribution in [0.25, 0.3) is 0 Å². The normalized spacial score (nSPS) is 16.9. The van der Waals surface area contributed by atoms with E-state index in [2.05, 4.69) is 5.32 Å². The largest absolute Gasteiger partial charge is 0.507 e. The van der Waals surface area contributed by atoms with Crippen LogP contribution in [0.4, 0.5) is 13.2 Å². The summed E-state index contributed by atoms with van der Waals surface area (Å²) in [5.41, 5.74) is 0.287. The van der Waals surface area contributed by atoms with Gasteiger partial charge in [0.1, 0.15) is 11.5 Å². The van der Waals surface area contributed by atoms with Crippen molar-refractivity contribution in [1.29, 1.82) is 0 Å². The number of phenolic OH excluding ortho intramolecular Hbond substituents is 1. The van der Waals surface area contributed by atoms with E-state index >= 15 is 0 Å². The summed E-state index contributed by atoms with van der Waals surface area (Å²) in [6.07, 6.45) is -5.27. The number of halogens is 5. The van der Waals surface area contributed by atoms with Crippen LogP contribution in [-0.2, 0) is 0 Å². The summed E-state index contributed by atoms with van der Waals surface area (Å²) in [5.74, 6) is 0.254. The molecule has 1 aromatic rings. The molecule has 0 radical (unpaired) electrons. The standard InChI is InChI=1S/C14H19F3N2O2.2ClH/c1-21-10-2-3-11(13(20)8-10)12(9-14(15,16)17)19-6-4-18-5-7-19;;/h2-3,8,12,18,20H,4-7,9H2,1H3;2*1H/t12-;;/m0../s1. The fourth-order valence-electron chi connectivity index (χ4n) is 2.58. The van der Waals surface area contributed by atoms with E-state index in [4.69, 9.17) is 4.74 Å². The maximum Gasteiger partial charge on any atom is 0.390 e. The summed E-state index contributed by atoms with van der Waals surface area (Å²) in [6, 6.07) is 3.55. The van der Waals surface area contributed by atoms with Gasteiger partial charge in [0.2, 0.25) is 0 Å². The molecule has 23 heavy (non-hydrogen) atoms. The maximum atomic E-state index is 12.9. The molecule has 1 heterocycles. The number of piperazine rings is 1. The molecule has 2 N–H and O–H groups in total. The van der Waals surface area contributed by atoms with Crippen LogP contribution in [0.15, 0.2) is 18.2 Å². The van der Waals surface area contributed by atoms with E-state index in [0.717, 1.165) is 0 Å². The quantitative estimate of drug-likeness (QED) is 0.847. The van der Waals surface area contributed by atoms with Crippen LogP contribution in [-0.4, -0.2) is 49.5 Å². The molecular formula is C14H21Cl2F3N2O2. The third-order valence-electron chi connectivity index (χ3n) is 3.61. The minimum atomic E-state index is -4.29. The second kappa shape index (κ2) is 9.42. The summed E-state index contributed by atoms with van der Waals surface area (Å²) in [7, 11) is 1.44. The Kier molecular flexibility index (Phi) is 9.05. The monoisotopic (exact) mass is 376 g/mol. The zero-order valence-electron chi connectivity index (χ0n) is 12.6. The summed E-state index contributed by atoms with van der Waals surface area (Å²) < 4.78 is 43.6. The number of ether oxygens (including phenoxy) is 1. The van der Waals surface area contributed by atoms with Gasteiger partial charge in [-0.2, -0.15) is 13.2 Å². The molecule has 0 bridgehead atoms. The molecule has 1 aliphatic rings. The van der Waals surface area contributed by atoms with Crippen molar-refractivity contribution in [2.45, 2.75) is 18.6 Å². The van der Waals surface area contributed by atoms with Crippen LogP contribution in [0.3, 0.4) is 0 Å². The lowest BCUT2D eigenvalue weighted by molar-refractivity contribution is -0.148. The maximum absolute atomic E-state index is 12.9. The molecule has 0 aliphatic carbocycles. The summed E-state index contributed by atoms with van der Waals surface area (Å²) in [6.45, 7) is 2.33. The van der Waals surface area contributed by atoms with E-state index in [9.17, 15) is 18.3 Å². The zero-order chi connectivity index (χ0) is 15.5. The van der Waals surface area contributed by atoms with Gasteiger partial charge in [-0.05, 0) is 6.07 Å². The highest BCUT2D eigenvalue weighted by atomic mass is 35.5. The number of rotatable bonds is 4. The molecular weight excluding hydrogens is 356 g/mol. The fraction of sp³-hybridized carbons (Fsp3) is 0.571. The topological polar surface area (TPSA) is 44.7 Å². The van der Waals surface area contributed by atoms with Crippen LogP contribution < -0.4 is 10.1 Å². The van der Waals surface area contributed by atoms with Gasteiger partial charge < -0.3 is 15.2 Å². The molecule has 4 nitrogen and oxygen atoms in total. The fourth-order valence-corrected chi connectivity index (χ4v) is 2.58. The van der Waals surface area contributed by atoms with Crippen molar-refractivity contribution in [2.75, 3.05) is 33.3 Å². The third kappa shape index (κ3) is 6.25. The average Bonchev–Trinajstić information content (AvgIpc) is 2.45. The molecule has 134 valence electrons. The first-order chi connectivity index (χ1) is 9.90. The zero-order valence-corrected chi connectivity index (χ0v) is 14.2. The van der Waals surface area contributed by atoms with E-state index in [0.29, 0.717) is 31.9 Å². The van der Waals surface area contributed by atoms with Crippen molar-refractivity contribution in [3.8, 4) is 11.5 Å². The van der Waals surface area contributed by atoms with E-state index in [1.807, 2.05) is 0 Å². The van der Waals surface area contributed by atoms with Gasteiger partial charge in [0, 0.05) is 43.9 Å². The molecule has 0 unspecified atom stereocenters. The smallest absolute Gasteiger partial charge is 0.390 e. The Labute approximate surface area is 145 Å². The van der Waals surface area contributed by atoms with Gasteiger partial charge in [-0.15, -0.1) is 24.8 Å². The van der Waals surface area contributed by atoms with Gasteiger partial charge >= 0.3 is 6.18 Å². The van der Waals surface area contributed by atoms with Crippen molar-refractivity contribution in [3.63, 3.8) is 0 Å². The molecule has 0 saturated carbocycles. The second-order valence-electron chi connectivity index (χ2n) is 5.05. The number of methoxy groups -OCH3 is 1. The molecule has 1 aromatic carbocycles. The van der Waals surface area contributed by atoms with Crippen LogP contribution in [0.1, 0.15) is 18.0 Å². The molecule has 1 fully saturated rings. The predicted molar refractivity (Wildman–Crippen MR) is 87.0 cm³/mol. The van der Waals surface area contributed by atoms with Gasteiger partial charge in [-0.3, -0.25) is 4.90 Å². The predicted octanol–water partition coefficient (Wildman–Crippen LogP) is 3.14. The van der Waals surface area contributed by atoms with Gasteiger partial charge in [0.05, 0.1) is 13.5 Å². The van der Waals surface area contributed by atoms with E-state index in [-0.39, 0.29) is 36.1 Å². The molecule has 2 rings (SSSR count). The Morgan fingerprint density at radius 2 is 1.87 bits per heavy atom. The Morgan fingerprint density at radius 3 is 2.35 bits per heavy atom. The number of nitrogens with one attached hydrogen (secondary N) is 1. The van der Waals surface area contributed by atoms with Crippen molar-refractivity contribution in [2.24, 2.45) is 0 Å². The molecule has 1 aliphatic heterocycles. The lowest BCUT2D eigenvalue weighted by atomic mass is 9.99. The number of hydrogen-bond acceptors (Lipinski definition) is 4. The molecule has 9 heteroatoms. The first-order valence-corrected chi connectivity index (χ1v) is 6.79. The number of nitrogens with zero attached hydrogens (tertiary/aromatic N) is 1. The molecule has 1 atom stereocenters. The minimum Gasteiger partial charge on any atom is -0.507 e. The van der Waals surface area contributed by atoms with Gasteiger partial charge in [-0.25, -0.2) is 0 Å². The van der Waals surface area contributed by atoms with Crippen LogP contribution >= 0.6 is 24.8 Å². The lowest BCUT2D eigenvalue weighted by Gasteiger charge is -2.36. The van der Waals surface area contributed by atoms with E-state index in [1.165, 1.54) is 19.2 Å². The summed E-state index contributed by atoms with van der Waals surface area (Å²) >= 11 is 0. The highest BCUT2D eigenvalue weighted by Gasteiger charge is 2.37. The number of phenols is 1. The molecule has 0 aromatic heterocycles. The second-order valence-corrected chi connectivity index (χ2v) is 5.05. The number of aromatic hydroxyl groups is 1. The Morgan fingerprint density at radius 1 is 1.26 bits per heavy atom. The Hall–Kier alpha value is -0.890. The summed E-state index contributed by atoms with van der Waals surface area (Å²) in [4.78, 5) is 1.76. The van der Waals surface area contributed by atoms with Crippen LogP contribution in [0.5, 0.6) is 11.5 Å². The lowest BCUT2D eigenvalue weighted by Crippen LogP contribution is -2.46. The molecule has 0 amide bonds. The number of hydrogen-bond donors (Lipinski definition) is 2. The van der Waals surface area contributed by atoms with Gasteiger partial charge in [0.25, 0.3) is 0 Å². The van der Waals surface area contributed by atoms with Crippen molar-refractivity contribution >= 4 is 24.8 Å². The van der Waals surface area contributed by atoms with Crippen LogP contribution in [0.2, 0.25) is 0 Å². The van der Waals surface area contributed by atoms with E-state index in [1.54, 1.807) is 11.0 Å². The van der Waals surface area contributed by atoms with Crippen molar-refractivity contribution in [1.82, 2.24) is 10.2 Å². The Bertz CT molecular complexity index is 484. The number of benzene rings is 1. The molecule has 0 spiro atoms. The minimum absolute atomic E-state index is 0. The highest BCUT2D eigenvalue weighted by molar-refractivity contribution is 5.85. The molecule has 1 saturated heterocycles. The first kappa shape index (κ1) is 22.1. The third-order valence-corrected chi connectivity index (χ3v) is 3.61. The van der Waals surface area contributed by atoms with Crippen molar-refractivity contribution < 1.29 is 23.0 Å². The SMILES string of the molecule is COc1ccc([C@H](CC(F)(F)F)N2CCNCC2)c(O)c1.Cl.Cl. The Balaban J connectivity index is 0.00000242. The van der Waals surface area contributed by atoms with Gasteiger partial charge in [0.15, 0.2) is 0 Å². The van der Waals surface area contributed by atoms with Gasteiger partial charge in [-0.1, -0.05) is 6.07 Å². The highest BCUT2D eigenvalue weighted by Crippen LogP contribution is 2.38. The van der Waals surface area contributed by atoms with Crippen LogP contribution in [0, 0.1) is 0 Å². The van der Waals surface area contributed by atoms with Crippen molar-refractivity contribution in [3.05, 3.63) is 23.8 Å². The number of alkyl halides is 3. The average molecular weight is 377 g/mol. The van der Waals surface area contributed by atoms with E-state index < -0.39 is 18.6 Å².